The molecule has 4 bridgehead atoms. The van der Waals surface area contributed by atoms with Gasteiger partial charge in [0, 0.05) is 5.54 Å². The summed E-state index contributed by atoms with van der Waals surface area (Å²) in [6.45, 7) is 0. The molecule has 4 rings (SSSR count). The second-order valence-electron chi connectivity index (χ2n) is 5.81. The summed E-state index contributed by atoms with van der Waals surface area (Å²) < 4.78 is 0. The topological polar surface area (TPSA) is 67.2 Å². The van der Waals surface area contributed by atoms with E-state index < -0.39 is 6.03 Å². The lowest BCUT2D eigenvalue weighted by Gasteiger charge is -2.56. The molecule has 4 heteroatoms. The number of primary amides is 1. The van der Waals surface area contributed by atoms with E-state index in [1.807, 2.05) is 0 Å². The highest BCUT2D eigenvalue weighted by atomic mass is 16.2. The molecule has 0 heterocycles. The van der Waals surface area contributed by atoms with Crippen LogP contribution >= 0.6 is 0 Å². The molecule has 4 nitrogen and oxygen atoms in total. The summed E-state index contributed by atoms with van der Waals surface area (Å²) in [6, 6.07) is -0.467. The molecular weight excluding hydrogens is 190 g/mol. The van der Waals surface area contributed by atoms with Crippen LogP contribution in [0.25, 0.3) is 0 Å². The summed E-state index contributed by atoms with van der Waals surface area (Å²) in [7, 11) is 0. The Balaban J connectivity index is 1.72. The summed E-state index contributed by atoms with van der Waals surface area (Å²) in [4.78, 5) is 10.7. The number of urea groups is 1. The summed E-state index contributed by atoms with van der Waals surface area (Å²) in [6.07, 6.45) is 7.91. The average molecular weight is 209 g/mol. The lowest BCUT2D eigenvalue weighted by Crippen LogP contribution is -2.63. The van der Waals surface area contributed by atoms with E-state index in [9.17, 15) is 4.79 Å². The molecule has 4 N–H and O–H groups in total. The predicted molar refractivity (Wildman–Crippen MR) is 56.8 cm³/mol. The first kappa shape index (κ1) is 9.46. The van der Waals surface area contributed by atoms with Crippen molar-refractivity contribution in [1.82, 2.24) is 10.9 Å². The zero-order valence-electron chi connectivity index (χ0n) is 8.96. The van der Waals surface area contributed by atoms with Gasteiger partial charge in [-0.3, -0.25) is 5.43 Å². The molecule has 0 spiro atoms. The Bertz CT molecular complexity index is 254. The summed E-state index contributed by atoms with van der Waals surface area (Å²) in [5, 5.41) is 0. The molecule has 4 saturated carbocycles. The third-order valence-electron chi connectivity index (χ3n) is 4.49. The van der Waals surface area contributed by atoms with Gasteiger partial charge in [0.1, 0.15) is 0 Å². The van der Waals surface area contributed by atoms with Crippen molar-refractivity contribution in [3.8, 4) is 0 Å². The molecule has 2 amide bonds. The van der Waals surface area contributed by atoms with Gasteiger partial charge < -0.3 is 5.73 Å². The Morgan fingerprint density at radius 3 is 1.93 bits per heavy atom. The maximum absolute atomic E-state index is 10.7. The van der Waals surface area contributed by atoms with Crippen LogP contribution in [-0.4, -0.2) is 11.6 Å². The normalized spacial score (nSPS) is 46.8. The first-order valence-corrected chi connectivity index (χ1v) is 5.98. The van der Waals surface area contributed by atoms with Crippen LogP contribution in [0.1, 0.15) is 38.5 Å². The molecule has 4 fully saturated rings. The molecule has 84 valence electrons. The Morgan fingerprint density at radius 1 is 1.07 bits per heavy atom. The third-order valence-corrected chi connectivity index (χ3v) is 4.49. The zero-order valence-corrected chi connectivity index (χ0v) is 8.96. The molecule has 4 aliphatic carbocycles. The summed E-state index contributed by atoms with van der Waals surface area (Å²) in [5.74, 6) is 2.66. The van der Waals surface area contributed by atoms with Gasteiger partial charge in [0.15, 0.2) is 0 Å². The van der Waals surface area contributed by atoms with Gasteiger partial charge in [-0.15, -0.1) is 0 Å². The van der Waals surface area contributed by atoms with E-state index in [1.165, 1.54) is 38.5 Å². The SMILES string of the molecule is NC(=O)NNC12CC3CC(CC(C3)C1)C2. The minimum Gasteiger partial charge on any atom is -0.351 e. The second-order valence-corrected chi connectivity index (χ2v) is 5.81. The van der Waals surface area contributed by atoms with Crippen LogP contribution in [0.5, 0.6) is 0 Å². The molecule has 0 unspecified atom stereocenters. The summed E-state index contributed by atoms with van der Waals surface area (Å²) in [5.41, 5.74) is 11.1. The molecule has 0 aromatic carbocycles. The molecule has 15 heavy (non-hydrogen) atoms. The van der Waals surface area contributed by atoms with Gasteiger partial charge in [-0.2, -0.15) is 0 Å². The van der Waals surface area contributed by atoms with Gasteiger partial charge in [-0.1, -0.05) is 0 Å². The van der Waals surface area contributed by atoms with Gasteiger partial charge in [0.25, 0.3) is 0 Å². The highest BCUT2D eigenvalue weighted by Gasteiger charge is 2.50. The van der Waals surface area contributed by atoms with Crippen molar-refractivity contribution in [2.75, 3.05) is 0 Å². The Morgan fingerprint density at radius 2 is 1.53 bits per heavy atom. The smallest absolute Gasteiger partial charge is 0.326 e. The van der Waals surface area contributed by atoms with Crippen molar-refractivity contribution in [3.05, 3.63) is 0 Å². The van der Waals surface area contributed by atoms with Gasteiger partial charge >= 0.3 is 6.03 Å². The number of hydrazine groups is 1. The van der Waals surface area contributed by atoms with Crippen molar-refractivity contribution in [3.63, 3.8) is 0 Å². The van der Waals surface area contributed by atoms with Crippen molar-refractivity contribution >= 4 is 6.03 Å². The Hall–Kier alpha value is -0.770. The lowest BCUT2D eigenvalue weighted by molar-refractivity contribution is -0.0244. The number of hydrogen-bond acceptors (Lipinski definition) is 2. The lowest BCUT2D eigenvalue weighted by atomic mass is 9.53. The minimum atomic E-state index is -0.467. The van der Waals surface area contributed by atoms with Crippen LogP contribution in [0.4, 0.5) is 4.79 Å². The number of nitrogens with two attached hydrogens (primary N) is 1. The van der Waals surface area contributed by atoms with E-state index in [4.69, 9.17) is 5.73 Å². The summed E-state index contributed by atoms with van der Waals surface area (Å²) >= 11 is 0. The fourth-order valence-electron chi connectivity index (χ4n) is 4.46. The number of rotatable bonds is 2. The van der Waals surface area contributed by atoms with Crippen LogP contribution in [0.3, 0.4) is 0 Å². The van der Waals surface area contributed by atoms with Crippen LogP contribution in [0, 0.1) is 17.8 Å². The van der Waals surface area contributed by atoms with Crippen molar-refractivity contribution < 1.29 is 4.79 Å². The average Bonchev–Trinajstić information content (AvgIpc) is 2.12. The van der Waals surface area contributed by atoms with Crippen LogP contribution in [0.15, 0.2) is 0 Å². The van der Waals surface area contributed by atoms with E-state index in [0.717, 1.165) is 17.8 Å². The molecule has 0 saturated heterocycles. The predicted octanol–water partition coefficient (Wildman–Crippen LogP) is 1.13. The molecule has 0 atom stereocenters. The van der Waals surface area contributed by atoms with E-state index in [0.29, 0.717) is 0 Å². The Kier molecular flexibility index (Phi) is 1.96. The number of carbonyl (C=O) groups excluding carboxylic acids is 1. The largest absolute Gasteiger partial charge is 0.351 e. The number of hydrogen-bond donors (Lipinski definition) is 3. The molecule has 0 aromatic heterocycles. The maximum Gasteiger partial charge on any atom is 0.326 e. The second kappa shape index (κ2) is 3.11. The van der Waals surface area contributed by atoms with Crippen LogP contribution in [-0.2, 0) is 0 Å². The van der Waals surface area contributed by atoms with Gasteiger partial charge in [0.05, 0.1) is 0 Å². The van der Waals surface area contributed by atoms with E-state index in [-0.39, 0.29) is 5.54 Å². The van der Waals surface area contributed by atoms with Gasteiger partial charge in [-0.05, 0) is 56.3 Å². The quantitative estimate of drug-likeness (QED) is 0.597. The van der Waals surface area contributed by atoms with Crippen LogP contribution in [0.2, 0.25) is 0 Å². The molecule has 0 radical (unpaired) electrons. The van der Waals surface area contributed by atoms with E-state index >= 15 is 0 Å². The van der Waals surface area contributed by atoms with E-state index in [1.54, 1.807) is 0 Å². The Labute approximate surface area is 89.9 Å². The fourth-order valence-corrected chi connectivity index (χ4v) is 4.46. The fraction of sp³-hybridized carbons (Fsp3) is 0.909. The molecule has 0 aliphatic heterocycles. The highest BCUT2D eigenvalue weighted by molar-refractivity contribution is 5.71. The standard InChI is InChI=1S/C11H19N3O/c12-10(15)13-14-11-4-7-1-8(5-11)3-9(2-7)6-11/h7-9,14H,1-6H2,(H3,12,13,15). The van der Waals surface area contributed by atoms with Gasteiger partial charge in [0.2, 0.25) is 0 Å². The maximum atomic E-state index is 10.7. The van der Waals surface area contributed by atoms with Crippen molar-refractivity contribution in [2.45, 2.75) is 44.1 Å². The first-order chi connectivity index (χ1) is 7.15. The molecular formula is C11H19N3O. The monoisotopic (exact) mass is 209 g/mol. The third kappa shape index (κ3) is 1.61. The van der Waals surface area contributed by atoms with Crippen molar-refractivity contribution in [1.29, 1.82) is 0 Å². The highest BCUT2D eigenvalue weighted by Crippen LogP contribution is 2.55. The van der Waals surface area contributed by atoms with Crippen LogP contribution < -0.4 is 16.6 Å². The number of carbonyl (C=O) groups is 1. The molecule has 0 aromatic rings. The minimum absolute atomic E-state index is 0.170. The zero-order chi connectivity index (χ0) is 10.5. The first-order valence-electron chi connectivity index (χ1n) is 5.98. The molecule has 4 aliphatic rings. The van der Waals surface area contributed by atoms with Gasteiger partial charge in [-0.25, -0.2) is 10.2 Å². The number of amides is 2. The van der Waals surface area contributed by atoms with E-state index in [2.05, 4.69) is 10.9 Å². The van der Waals surface area contributed by atoms with Crippen molar-refractivity contribution in [2.24, 2.45) is 23.5 Å². The number of nitrogens with one attached hydrogen (secondary N) is 2.